The van der Waals surface area contributed by atoms with Gasteiger partial charge in [0.25, 0.3) is 5.91 Å². The zero-order valence-electron chi connectivity index (χ0n) is 13.7. The first-order valence-corrected chi connectivity index (χ1v) is 7.38. The smallest absolute Gasteiger partial charge is 0.410 e. The van der Waals surface area contributed by atoms with Crippen molar-refractivity contribution in [3.8, 4) is 0 Å². The number of amides is 2. The third-order valence-corrected chi connectivity index (χ3v) is 3.03. The Kier molecular flexibility index (Phi) is 4.39. The number of aromatic nitrogens is 3. The first kappa shape index (κ1) is 16.3. The molecule has 2 heterocycles. The van der Waals surface area contributed by atoms with Crippen LogP contribution in [0.5, 0.6) is 0 Å². The van der Waals surface area contributed by atoms with E-state index in [1.54, 1.807) is 9.47 Å². The lowest BCUT2D eigenvalue weighted by molar-refractivity contribution is 0.0195. The molecule has 1 N–H and O–H groups in total. The molecule has 0 bridgehead atoms. The van der Waals surface area contributed by atoms with Gasteiger partial charge in [0.15, 0.2) is 5.82 Å². The highest BCUT2D eigenvalue weighted by atomic mass is 16.6. The molecule has 0 radical (unpaired) electrons. The minimum Gasteiger partial charge on any atom is -0.444 e. The van der Waals surface area contributed by atoms with Gasteiger partial charge in [0, 0.05) is 19.1 Å². The van der Waals surface area contributed by atoms with E-state index in [1.165, 1.54) is 0 Å². The lowest BCUT2D eigenvalue weighted by Gasteiger charge is -2.30. The SMILES string of the molecule is CC(C)NC(=O)c1nnc2n1CCN(C(=O)OC(C)(C)C)C2. The molecule has 0 saturated carbocycles. The molecule has 8 nitrogen and oxygen atoms in total. The minimum absolute atomic E-state index is 0.0299. The highest BCUT2D eigenvalue weighted by molar-refractivity contribution is 5.90. The van der Waals surface area contributed by atoms with Gasteiger partial charge in [-0.1, -0.05) is 0 Å². The Balaban J connectivity index is 2.08. The van der Waals surface area contributed by atoms with Gasteiger partial charge in [0.05, 0.1) is 6.54 Å². The molecule has 2 rings (SSSR count). The number of fused-ring (bicyclic) bond motifs is 1. The van der Waals surface area contributed by atoms with Crippen molar-refractivity contribution in [2.24, 2.45) is 0 Å². The Morgan fingerprint density at radius 3 is 2.50 bits per heavy atom. The van der Waals surface area contributed by atoms with Crippen molar-refractivity contribution >= 4 is 12.0 Å². The van der Waals surface area contributed by atoms with E-state index in [2.05, 4.69) is 15.5 Å². The summed E-state index contributed by atoms with van der Waals surface area (Å²) in [6.07, 6.45) is -0.380. The van der Waals surface area contributed by atoms with E-state index < -0.39 is 5.60 Å². The monoisotopic (exact) mass is 309 g/mol. The fourth-order valence-corrected chi connectivity index (χ4v) is 2.13. The Morgan fingerprint density at radius 1 is 1.23 bits per heavy atom. The lowest BCUT2D eigenvalue weighted by Crippen LogP contribution is -2.42. The zero-order chi connectivity index (χ0) is 16.5. The van der Waals surface area contributed by atoms with Crippen molar-refractivity contribution in [1.82, 2.24) is 25.0 Å². The van der Waals surface area contributed by atoms with Gasteiger partial charge in [-0.3, -0.25) is 9.69 Å². The second-order valence-electron chi connectivity index (χ2n) is 6.62. The number of rotatable bonds is 2. The quantitative estimate of drug-likeness (QED) is 0.885. The topological polar surface area (TPSA) is 89.4 Å². The van der Waals surface area contributed by atoms with E-state index in [0.717, 1.165) is 0 Å². The highest BCUT2D eigenvalue weighted by Gasteiger charge is 2.29. The van der Waals surface area contributed by atoms with E-state index in [1.807, 2.05) is 34.6 Å². The van der Waals surface area contributed by atoms with Gasteiger partial charge >= 0.3 is 6.09 Å². The summed E-state index contributed by atoms with van der Waals surface area (Å²) in [6.45, 7) is 10.5. The fourth-order valence-electron chi connectivity index (χ4n) is 2.13. The second kappa shape index (κ2) is 5.94. The maximum absolute atomic E-state index is 12.1. The van der Waals surface area contributed by atoms with E-state index in [9.17, 15) is 9.59 Å². The molecule has 0 unspecified atom stereocenters. The summed E-state index contributed by atoms with van der Waals surface area (Å²) in [6, 6.07) is 0.0299. The Hall–Kier alpha value is -2.12. The first-order valence-electron chi connectivity index (χ1n) is 7.38. The highest BCUT2D eigenvalue weighted by Crippen LogP contribution is 2.16. The summed E-state index contributed by atoms with van der Waals surface area (Å²) in [5.74, 6) is 0.623. The number of nitrogens with zero attached hydrogens (tertiary/aromatic N) is 4. The van der Waals surface area contributed by atoms with Crippen LogP contribution in [0.3, 0.4) is 0 Å². The summed E-state index contributed by atoms with van der Waals surface area (Å²) in [7, 11) is 0. The molecule has 1 aliphatic heterocycles. The van der Waals surface area contributed by atoms with Crippen molar-refractivity contribution in [3.05, 3.63) is 11.6 Å². The average molecular weight is 309 g/mol. The van der Waals surface area contributed by atoms with Crippen LogP contribution in [0.2, 0.25) is 0 Å². The third kappa shape index (κ3) is 3.75. The van der Waals surface area contributed by atoms with E-state index >= 15 is 0 Å². The van der Waals surface area contributed by atoms with Gasteiger partial charge in [-0.15, -0.1) is 10.2 Å². The predicted molar refractivity (Wildman–Crippen MR) is 79.3 cm³/mol. The van der Waals surface area contributed by atoms with Crippen LogP contribution in [0.25, 0.3) is 0 Å². The van der Waals surface area contributed by atoms with Crippen molar-refractivity contribution in [1.29, 1.82) is 0 Å². The van der Waals surface area contributed by atoms with Crippen LogP contribution in [0.1, 0.15) is 51.1 Å². The maximum atomic E-state index is 12.1. The average Bonchev–Trinajstić information content (AvgIpc) is 2.78. The molecule has 0 aromatic carbocycles. The van der Waals surface area contributed by atoms with Crippen LogP contribution in [-0.4, -0.2) is 49.9 Å². The third-order valence-electron chi connectivity index (χ3n) is 3.03. The molecule has 0 spiro atoms. The van der Waals surface area contributed by atoms with Crippen LogP contribution in [0.4, 0.5) is 4.79 Å². The number of ether oxygens (including phenoxy) is 1. The molecule has 2 amide bonds. The summed E-state index contributed by atoms with van der Waals surface area (Å²) in [4.78, 5) is 25.7. The van der Waals surface area contributed by atoms with Crippen LogP contribution in [-0.2, 0) is 17.8 Å². The molecule has 1 aromatic heterocycles. The first-order chi connectivity index (χ1) is 10.2. The largest absolute Gasteiger partial charge is 0.444 e. The molecule has 1 aromatic rings. The van der Waals surface area contributed by atoms with Crippen LogP contribution in [0, 0.1) is 0 Å². The van der Waals surface area contributed by atoms with Crippen LogP contribution >= 0.6 is 0 Å². The molecule has 8 heteroatoms. The molecular weight excluding hydrogens is 286 g/mol. The lowest BCUT2D eigenvalue weighted by atomic mass is 10.2. The minimum atomic E-state index is -0.537. The molecule has 122 valence electrons. The van der Waals surface area contributed by atoms with Crippen molar-refractivity contribution < 1.29 is 14.3 Å². The fraction of sp³-hybridized carbons (Fsp3) is 0.714. The van der Waals surface area contributed by atoms with Crippen LogP contribution in [0.15, 0.2) is 0 Å². The van der Waals surface area contributed by atoms with Crippen molar-refractivity contribution in [2.45, 2.75) is 59.4 Å². The molecule has 22 heavy (non-hydrogen) atoms. The maximum Gasteiger partial charge on any atom is 0.410 e. The number of nitrogens with one attached hydrogen (secondary N) is 1. The van der Waals surface area contributed by atoms with Gasteiger partial charge in [0.1, 0.15) is 5.60 Å². The molecule has 0 aliphatic carbocycles. The molecular formula is C14H23N5O3. The van der Waals surface area contributed by atoms with Crippen molar-refractivity contribution in [2.75, 3.05) is 6.54 Å². The number of carbonyl (C=O) groups excluding carboxylic acids is 2. The summed E-state index contributed by atoms with van der Waals surface area (Å²) in [5, 5.41) is 10.8. The van der Waals surface area contributed by atoms with Gasteiger partial charge in [0.2, 0.25) is 5.82 Å². The van der Waals surface area contributed by atoms with Gasteiger partial charge in [-0.25, -0.2) is 4.79 Å². The van der Waals surface area contributed by atoms with Crippen molar-refractivity contribution in [3.63, 3.8) is 0 Å². The number of hydrogen-bond acceptors (Lipinski definition) is 5. The molecule has 1 aliphatic rings. The van der Waals surface area contributed by atoms with Gasteiger partial charge in [-0.05, 0) is 34.6 Å². The van der Waals surface area contributed by atoms with E-state index in [4.69, 9.17) is 4.74 Å². The number of carbonyl (C=O) groups is 2. The second-order valence-corrected chi connectivity index (χ2v) is 6.62. The summed E-state index contributed by atoms with van der Waals surface area (Å²) < 4.78 is 7.10. The number of hydrogen-bond donors (Lipinski definition) is 1. The summed E-state index contributed by atoms with van der Waals surface area (Å²) >= 11 is 0. The molecule has 0 saturated heterocycles. The Morgan fingerprint density at radius 2 is 1.91 bits per heavy atom. The Labute approximate surface area is 129 Å². The molecule has 0 fully saturated rings. The molecule has 0 atom stereocenters. The Bertz CT molecular complexity index is 574. The zero-order valence-corrected chi connectivity index (χ0v) is 13.7. The van der Waals surface area contributed by atoms with E-state index in [-0.39, 0.29) is 30.4 Å². The predicted octanol–water partition coefficient (Wildman–Crippen LogP) is 1.17. The standard InChI is InChI=1S/C14H23N5O3/c1-9(2)15-12(20)11-17-16-10-8-18(6-7-19(10)11)13(21)22-14(3,4)5/h9H,6-8H2,1-5H3,(H,15,20). The van der Waals surface area contributed by atoms with Gasteiger partial charge < -0.3 is 14.6 Å². The van der Waals surface area contributed by atoms with Gasteiger partial charge in [-0.2, -0.15) is 0 Å². The summed E-state index contributed by atoms with van der Waals surface area (Å²) in [5.41, 5.74) is -0.537. The normalized spacial score (nSPS) is 14.7. The van der Waals surface area contributed by atoms with E-state index in [0.29, 0.717) is 18.9 Å². The van der Waals surface area contributed by atoms with Crippen LogP contribution < -0.4 is 5.32 Å².